The molecule has 2 heterocycles. The first-order valence-electron chi connectivity index (χ1n) is 9.66. The van der Waals surface area contributed by atoms with Gasteiger partial charge in [0.25, 0.3) is 5.91 Å². The second-order valence-electron chi connectivity index (χ2n) is 7.23. The topological polar surface area (TPSA) is 62.6 Å². The predicted molar refractivity (Wildman–Crippen MR) is 116 cm³/mol. The molecular formula is C22H23ClN5O+. The number of quaternary nitrogens is 1. The van der Waals surface area contributed by atoms with Gasteiger partial charge in [-0.05, 0) is 36.4 Å². The Morgan fingerprint density at radius 1 is 1.00 bits per heavy atom. The van der Waals surface area contributed by atoms with Gasteiger partial charge in [-0.25, -0.2) is 0 Å². The quantitative estimate of drug-likeness (QED) is 0.695. The number of nitrogens with zero attached hydrogens (tertiary/aromatic N) is 3. The summed E-state index contributed by atoms with van der Waals surface area (Å²) in [5, 5.41) is 12.1. The van der Waals surface area contributed by atoms with Crippen molar-refractivity contribution in [1.82, 2.24) is 10.2 Å². The Morgan fingerprint density at radius 3 is 2.38 bits per heavy atom. The van der Waals surface area contributed by atoms with Gasteiger partial charge in [-0.2, -0.15) is 0 Å². The SMILES string of the molecule is C[NH+]1CCN(c2ccc(-c3ccc(NC(=O)c4ccccc4Cl)cc3)nn2)CC1. The van der Waals surface area contributed by atoms with E-state index < -0.39 is 0 Å². The Hall–Kier alpha value is -2.96. The molecule has 148 valence electrons. The Bertz CT molecular complexity index is 983. The third-order valence-electron chi connectivity index (χ3n) is 5.15. The zero-order chi connectivity index (χ0) is 20.2. The maximum atomic E-state index is 12.4. The Kier molecular flexibility index (Phi) is 5.74. The fourth-order valence-corrected chi connectivity index (χ4v) is 3.56. The molecular weight excluding hydrogens is 386 g/mol. The molecule has 1 aliphatic rings. The number of piperazine rings is 1. The van der Waals surface area contributed by atoms with Crippen molar-refractivity contribution in [1.29, 1.82) is 0 Å². The van der Waals surface area contributed by atoms with Gasteiger partial charge >= 0.3 is 0 Å². The van der Waals surface area contributed by atoms with E-state index in [1.807, 2.05) is 36.4 Å². The van der Waals surface area contributed by atoms with Crippen LogP contribution in [0, 0.1) is 0 Å². The van der Waals surface area contributed by atoms with Crippen LogP contribution >= 0.6 is 11.6 Å². The van der Waals surface area contributed by atoms with Gasteiger partial charge in [0.1, 0.15) is 0 Å². The predicted octanol–water partition coefficient (Wildman–Crippen LogP) is 2.38. The smallest absolute Gasteiger partial charge is 0.257 e. The molecule has 1 fully saturated rings. The molecule has 6 nitrogen and oxygen atoms in total. The average molecular weight is 409 g/mol. The summed E-state index contributed by atoms with van der Waals surface area (Å²) in [4.78, 5) is 16.2. The van der Waals surface area contributed by atoms with E-state index in [2.05, 4.69) is 27.5 Å². The first-order chi connectivity index (χ1) is 14.1. The molecule has 0 saturated carbocycles. The highest BCUT2D eigenvalue weighted by Crippen LogP contribution is 2.22. The standard InChI is InChI=1S/C22H22ClN5O/c1-27-12-14-28(15-13-27)21-11-10-20(25-26-21)16-6-8-17(9-7-16)24-22(29)18-4-2-3-5-19(18)23/h2-11H,12-15H2,1H3,(H,24,29)/p+1. The van der Waals surface area contributed by atoms with Crippen LogP contribution in [0.5, 0.6) is 0 Å². The molecule has 1 amide bonds. The number of hydrogen-bond acceptors (Lipinski definition) is 4. The van der Waals surface area contributed by atoms with Crippen LogP contribution < -0.4 is 15.1 Å². The van der Waals surface area contributed by atoms with E-state index in [-0.39, 0.29) is 5.91 Å². The minimum atomic E-state index is -0.235. The lowest BCUT2D eigenvalue weighted by Gasteiger charge is -2.30. The number of nitrogens with one attached hydrogen (secondary N) is 2. The molecule has 2 N–H and O–H groups in total. The van der Waals surface area contributed by atoms with E-state index in [9.17, 15) is 4.79 Å². The molecule has 1 aromatic heterocycles. The molecule has 0 spiro atoms. The van der Waals surface area contributed by atoms with Gasteiger partial charge in [0.05, 0.1) is 49.5 Å². The highest BCUT2D eigenvalue weighted by atomic mass is 35.5. The fraction of sp³-hybridized carbons (Fsp3) is 0.227. The normalized spacial score (nSPS) is 14.6. The summed E-state index contributed by atoms with van der Waals surface area (Å²) < 4.78 is 0. The van der Waals surface area contributed by atoms with Gasteiger partial charge in [-0.1, -0.05) is 35.9 Å². The van der Waals surface area contributed by atoms with Crippen molar-refractivity contribution >= 4 is 29.0 Å². The van der Waals surface area contributed by atoms with Gasteiger partial charge in [0.15, 0.2) is 5.82 Å². The summed E-state index contributed by atoms with van der Waals surface area (Å²) in [6.45, 7) is 4.23. The molecule has 0 aliphatic carbocycles. The van der Waals surface area contributed by atoms with E-state index in [0.717, 1.165) is 43.3 Å². The minimum absolute atomic E-state index is 0.235. The molecule has 1 saturated heterocycles. The van der Waals surface area contributed by atoms with E-state index in [1.165, 1.54) is 0 Å². The molecule has 0 atom stereocenters. The monoisotopic (exact) mass is 408 g/mol. The number of aromatic nitrogens is 2. The molecule has 4 rings (SSSR count). The Balaban J connectivity index is 1.42. The second-order valence-corrected chi connectivity index (χ2v) is 7.64. The first-order valence-corrected chi connectivity index (χ1v) is 10.0. The lowest BCUT2D eigenvalue weighted by atomic mass is 10.1. The zero-order valence-electron chi connectivity index (χ0n) is 16.2. The highest BCUT2D eigenvalue weighted by molar-refractivity contribution is 6.34. The van der Waals surface area contributed by atoms with Gasteiger partial charge in [0, 0.05) is 11.3 Å². The summed E-state index contributed by atoms with van der Waals surface area (Å²) in [6, 6.07) is 18.5. The number of amides is 1. The molecule has 7 heteroatoms. The van der Waals surface area contributed by atoms with Crippen molar-refractivity contribution in [2.24, 2.45) is 0 Å². The van der Waals surface area contributed by atoms with Gasteiger partial charge in [0.2, 0.25) is 0 Å². The van der Waals surface area contributed by atoms with Crippen LogP contribution in [-0.2, 0) is 0 Å². The van der Waals surface area contributed by atoms with Crippen molar-refractivity contribution in [3.8, 4) is 11.3 Å². The van der Waals surface area contributed by atoms with Gasteiger partial charge in [-0.15, -0.1) is 10.2 Å². The lowest BCUT2D eigenvalue weighted by Crippen LogP contribution is -3.12. The largest absolute Gasteiger partial charge is 0.344 e. The number of hydrogen-bond donors (Lipinski definition) is 2. The average Bonchev–Trinajstić information content (AvgIpc) is 2.75. The van der Waals surface area contributed by atoms with Crippen LogP contribution in [0.1, 0.15) is 10.4 Å². The van der Waals surface area contributed by atoms with Crippen LogP contribution in [0.3, 0.4) is 0 Å². The van der Waals surface area contributed by atoms with Crippen LogP contribution in [0.2, 0.25) is 5.02 Å². The molecule has 3 aromatic rings. The maximum Gasteiger partial charge on any atom is 0.257 e. The van der Waals surface area contributed by atoms with Crippen molar-refractivity contribution in [3.05, 3.63) is 71.2 Å². The van der Waals surface area contributed by atoms with Gasteiger partial charge < -0.3 is 15.1 Å². The Morgan fingerprint density at radius 2 is 1.72 bits per heavy atom. The molecule has 0 bridgehead atoms. The number of likely N-dealkylation sites (N-methyl/N-ethyl adjacent to an activating group) is 1. The maximum absolute atomic E-state index is 12.4. The van der Waals surface area contributed by atoms with Crippen LogP contribution in [0.25, 0.3) is 11.3 Å². The third kappa shape index (κ3) is 4.55. The molecule has 0 unspecified atom stereocenters. The number of anilines is 2. The van der Waals surface area contributed by atoms with E-state index in [0.29, 0.717) is 16.3 Å². The van der Waals surface area contributed by atoms with Crippen molar-refractivity contribution < 1.29 is 9.69 Å². The fourth-order valence-electron chi connectivity index (χ4n) is 3.33. The van der Waals surface area contributed by atoms with Crippen molar-refractivity contribution in [2.75, 3.05) is 43.4 Å². The van der Waals surface area contributed by atoms with Crippen LogP contribution in [-0.4, -0.2) is 49.3 Å². The number of rotatable bonds is 4. The van der Waals surface area contributed by atoms with Gasteiger partial charge in [-0.3, -0.25) is 4.79 Å². The highest BCUT2D eigenvalue weighted by Gasteiger charge is 2.18. The summed E-state index contributed by atoms with van der Waals surface area (Å²) >= 11 is 6.09. The molecule has 0 radical (unpaired) electrons. The summed E-state index contributed by atoms with van der Waals surface area (Å²) in [7, 11) is 2.21. The number of benzene rings is 2. The van der Waals surface area contributed by atoms with Crippen LogP contribution in [0.4, 0.5) is 11.5 Å². The van der Waals surface area contributed by atoms with E-state index in [1.54, 1.807) is 29.2 Å². The number of halogens is 1. The summed E-state index contributed by atoms with van der Waals surface area (Å²) in [5.74, 6) is 0.686. The third-order valence-corrected chi connectivity index (χ3v) is 5.48. The summed E-state index contributed by atoms with van der Waals surface area (Å²) in [6.07, 6.45) is 0. The first kappa shape index (κ1) is 19.4. The second kappa shape index (κ2) is 8.59. The van der Waals surface area contributed by atoms with Crippen molar-refractivity contribution in [2.45, 2.75) is 0 Å². The summed E-state index contributed by atoms with van der Waals surface area (Å²) in [5.41, 5.74) is 2.90. The van der Waals surface area contributed by atoms with Crippen LogP contribution in [0.15, 0.2) is 60.7 Å². The zero-order valence-corrected chi connectivity index (χ0v) is 17.0. The Labute approximate surface area is 175 Å². The van der Waals surface area contributed by atoms with E-state index in [4.69, 9.17) is 11.6 Å². The molecule has 29 heavy (non-hydrogen) atoms. The minimum Gasteiger partial charge on any atom is -0.344 e. The number of carbonyl (C=O) groups excluding carboxylic acids is 1. The van der Waals surface area contributed by atoms with Crippen molar-refractivity contribution in [3.63, 3.8) is 0 Å². The molecule has 2 aromatic carbocycles. The van der Waals surface area contributed by atoms with E-state index >= 15 is 0 Å². The number of carbonyl (C=O) groups is 1. The molecule has 1 aliphatic heterocycles. The lowest BCUT2D eigenvalue weighted by molar-refractivity contribution is -0.880.